The molecule has 10 heteroatoms. The number of benzene rings is 1. The fraction of sp³-hybridized carbons (Fsp3) is 0.238. The largest absolute Gasteiger partial charge is 0.454 e. The van der Waals surface area contributed by atoms with Gasteiger partial charge in [0.2, 0.25) is 12.7 Å². The molecule has 0 atom stereocenters. The average Bonchev–Trinajstić information content (AvgIpc) is 3.37. The number of carbonyl (C=O) groups is 2. The number of ether oxygens (including phenoxy) is 2. The number of hydrogen-bond donors (Lipinski definition) is 2. The first-order valence-electron chi connectivity index (χ1n) is 9.58. The second-order valence-corrected chi connectivity index (χ2v) is 8.76. The molecule has 0 bridgehead atoms. The Balaban J connectivity index is 1.38. The molecule has 0 fully saturated rings. The van der Waals surface area contributed by atoms with Gasteiger partial charge in [0.25, 0.3) is 5.91 Å². The first-order chi connectivity index (χ1) is 15.0. The van der Waals surface area contributed by atoms with Crippen LogP contribution in [0.25, 0.3) is 0 Å². The van der Waals surface area contributed by atoms with Crippen molar-refractivity contribution in [3.05, 3.63) is 52.7 Å². The second kappa shape index (κ2) is 9.36. The highest BCUT2D eigenvalue weighted by Crippen LogP contribution is 2.34. The lowest BCUT2D eigenvalue weighted by Crippen LogP contribution is -2.16. The van der Waals surface area contributed by atoms with Crippen molar-refractivity contribution in [2.24, 2.45) is 0 Å². The normalized spacial score (nSPS) is 11.9. The summed E-state index contributed by atoms with van der Waals surface area (Å²) in [6, 6.07) is 8.58. The lowest BCUT2D eigenvalue weighted by atomic mass is 10.3. The number of nitrogens with zero attached hydrogens (tertiary/aromatic N) is 2. The summed E-state index contributed by atoms with van der Waals surface area (Å²) < 4.78 is 10.6. The molecule has 8 nitrogen and oxygen atoms in total. The minimum absolute atomic E-state index is 0.0993. The van der Waals surface area contributed by atoms with Gasteiger partial charge in [-0.3, -0.25) is 14.9 Å². The number of thiazole rings is 1. The first kappa shape index (κ1) is 21.1. The highest BCUT2D eigenvalue weighted by Gasteiger charge is 2.18. The van der Waals surface area contributed by atoms with E-state index in [1.807, 2.05) is 13.8 Å². The smallest absolute Gasteiger partial charge is 0.260 e. The van der Waals surface area contributed by atoms with E-state index in [2.05, 4.69) is 20.6 Å². The predicted octanol–water partition coefficient (Wildman–Crippen LogP) is 4.12. The van der Waals surface area contributed by atoms with Gasteiger partial charge >= 0.3 is 0 Å². The average molecular weight is 457 g/mol. The molecular formula is C21H20N4O4S2. The van der Waals surface area contributed by atoms with Gasteiger partial charge in [0.05, 0.1) is 17.0 Å². The quantitative estimate of drug-likeness (QED) is 0.516. The van der Waals surface area contributed by atoms with Gasteiger partial charge in [-0.1, -0.05) is 18.7 Å². The van der Waals surface area contributed by atoms with Gasteiger partial charge in [-0.25, -0.2) is 9.97 Å². The zero-order chi connectivity index (χ0) is 21.8. The summed E-state index contributed by atoms with van der Waals surface area (Å²) in [7, 11) is 0. The summed E-state index contributed by atoms with van der Waals surface area (Å²) >= 11 is 2.64. The van der Waals surface area contributed by atoms with Gasteiger partial charge in [-0.2, -0.15) is 0 Å². The van der Waals surface area contributed by atoms with Gasteiger partial charge in [0, 0.05) is 22.8 Å². The number of hydrogen-bond acceptors (Lipinski definition) is 8. The third kappa shape index (κ3) is 4.97. The van der Waals surface area contributed by atoms with Crippen molar-refractivity contribution in [3.8, 4) is 11.5 Å². The molecule has 0 saturated heterocycles. The van der Waals surface area contributed by atoms with Crippen LogP contribution < -0.4 is 20.1 Å². The summed E-state index contributed by atoms with van der Waals surface area (Å²) in [6.45, 7) is 4.18. The molecule has 0 radical (unpaired) electrons. The number of thioether (sulfide) groups is 1. The van der Waals surface area contributed by atoms with Gasteiger partial charge in [-0.05, 0) is 37.6 Å². The van der Waals surface area contributed by atoms with E-state index in [-0.39, 0.29) is 24.4 Å². The van der Waals surface area contributed by atoms with E-state index in [9.17, 15) is 9.59 Å². The van der Waals surface area contributed by atoms with Crippen LogP contribution in [0.15, 0.2) is 41.6 Å². The lowest BCUT2D eigenvalue weighted by Gasteiger charge is -2.08. The van der Waals surface area contributed by atoms with Crippen molar-refractivity contribution in [1.82, 2.24) is 9.97 Å². The van der Waals surface area contributed by atoms with E-state index in [4.69, 9.17) is 9.47 Å². The van der Waals surface area contributed by atoms with Gasteiger partial charge in [0.15, 0.2) is 16.6 Å². The minimum atomic E-state index is -0.303. The number of pyridine rings is 1. The molecule has 3 aromatic rings. The maximum atomic E-state index is 12.8. The number of amides is 2. The van der Waals surface area contributed by atoms with Crippen LogP contribution in [0.2, 0.25) is 0 Å². The van der Waals surface area contributed by atoms with E-state index in [1.165, 1.54) is 23.1 Å². The SMILES string of the molecule is CCc1nc(NC(=O)c2cccnc2SCC(=O)Nc2ccc3c(c2)OCO3)sc1C. The molecule has 0 aliphatic carbocycles. The van der Waals surface area contributed by atoms with E-state index >= 15 is 0 Å². The molecule has 0 spiro atoms. The summed E-state index contributed by atoms with van der Waals surface area (Å²) in [5.41, 5.74) is 1.98. The molecule has 2 amide bonds. The van der Waals surface area contributed by atoms with E-state index in [0.717, 1.165) is 17.0 Å². The van der Waals surface area contributed by atoms with Gasteiger partial charge in [0.1, 0.15) is 5.03 Å². The Morgan fingerprint density at radius 3 is 2.84 bits per heavy atom. The topological polar surface area (TPSA) is 102 Å². The van der Waals surface area contributed by atoms with E-state index < -0.39 is 0 Å². The monoisotopic (exact) mass is 456 g/mol. The number of carbonyl (C=O) groups excluding carboxylic acids is 2. The number of aromatic nitrogens is 2. The molecule has 31 heavy (non-hydrogen) atoms. The Bertz CT molecular complexity index is 1130. The predicted molar refractivity (Wildman–Crippen MR) is 120 cm³/mol. The molecule has 2 aromatic heterocycles. The molecule has 1 aliphatic rings. The maximum absolute atomic E-state index is 12.8. The fourth-order valence-electron chi connectivity index (χ4n) is 2.96. The van der Waals surface area contributed by atoms with Crippen LogP contribution in [0.1, 0.15) is 27.9 Å². The zero-order valence-corrected chi connectivity index (χ0v) is 18.6. The molecular weight excluding hydrogens is 436 g/mol. The number of anilines is 2. The lowest BCUT2D eigenvalue weighted by molar-refractivity contribution is -0.113. The van der Waals surface area contributed by atoms with Crippen molar-refractivity contribution in [2.45, 2.75) is 25.3 Å². The van der Waals surface area contributed by atoms with E-state index in [1.54, 1.807) is 36.5 Å². The van der Waals surface area contributed by atoms with Crippen LogP contribution in [-0.4, -0.2) is 34.3 Å². The molecule has 0 saturated carbocycles. The number of nitrogens with one attached hydrogen (secondary N) is 2. The maximum Gasteiger partial charge on any atom is 0.260 e. The minimum Gasteiger partial charge on any atom is -0.454 e. The second-order valence-electron chi connectivity index (χ2n) is 6.59. The number of fused-ring (bicyclic) bond motifs is 1. The Morgan fingerprint density at radius 1 is 1.19 bits per heavy atom. The van der Waals surface area contributed by atoms with E-state index in [0.29, 0.717) is 32.9 Å². The third-order valence-corrected chi connectivity index (χ3v) is 6.39. The van der Waals surface area contributed by atoms with Crippen LogP contribution in [0.5, 0.6) is 11.5 Å². The van der Waals surface area contributed by atoms with Crippen LogP contribution in [0.3, 0.4) is 0 Å². The molecule has 2 N–H and O–H groups in total. The van der Waals surface area contributed by atoms with Crippen LogP contribution >= 0.6 is 23.1 Å². The number of rotatable bonds is 7. The van der Waals surface area contributed by atoms with Crippen molar-refractivity contribution < 1.29 is 19.1 Å². The first-order valence-corrected chi connectivity index (χ1v) is 11.4. The Labute approximate surface area is 187 Å². The van der Waals surface area contributed by atoms with Crippen molar-refractivity contribution in [1.29, 1.82) is 0 Å². The van der Waals surface area contributed by atoms with Gasteiger partial charge in [-0.15, -0.1) is 11.3 Å². The molecule has 160 valence electrons. The zero-order valence-electron chi connectivity index (χ0n) is 16.9. The fourth-order valence-corrected chi connectivity index (χ4v) is 4.65. The third-order valence-electron chi connectivity index (χ3n) is 4.46. The number of aryl methyl sites for hydroxylation is 2. The summed E-state index contributed by atoms with van der Waals surface area (Å²) in [5, 5.41) is 6.68. The van der Waals surface area contributed by atoms with Crippen molar-refractivity contribution >= 4 is 45.7 Å². The Morgan fingerprint density at radius 2 is 2.03 bits per heavy atom. The van der Waals surface area contributed by atoms with Gasteiger partial charge < -0.3 is 14.8 Å². The highest BCUT2D eigenvalue weighted by atomic mass is 32.2. The van der Waals surface area contributed by atoms with Crippen LogP contribution in [0, 0.1) is 6.92 Å². The van der Waals surface area contributed by atoms with Crippen LogP contribution in [-0.2, 0) is 11.2 Å². The summed E-state index contributed by atoms with van der Waals surface area (Å²) in [5.74, 6) is 0.824. The Kier molecular flexibility index (Phi) is 6.38. The van der Waals surface area contributed by atoms with Crippen molar-refractivity contribution in [3.63, 3.8) is 0 Å². The summed E-state index contributed by atoms with van der Waals surface area (Å²) in [6.07, 6.45) is 2.41. The molecule has 4 rings (SSSR count). The molecule has 1 aromatic carbocycles. The van der Waals surface area contributed by atoms with Crippen LogP contribution in [0.4, 0.5) is 10.8 Å². The summed E-state index contributed by atoms with van der Waals surface area (Å²) in [4.78, 5) is 35.0. The molecule has 0 unspecified atom stereocenters. The standard InChI is InChI=1S/C21H20N4O4S2/c1-3-15-12(2)31-21(24-15)25-19(27)14-5-4-8-22-20(14)30-10-18(26)23-13-6-7-16-17(9-13)29-11-28-16/h4-9H,3,10-11H2,1-2H3,(H,23,26)(H,24,25,27). The highest BCUT2D eigenvalue weighted by molar-refractivity contribution is 8.00. The molecule has 3 heterocycles. The van der Waals surface area contributed by atoms with Crippen molar-refractivity contribution in [2.75, 3.05) is 23.2 Å². The molecule has 1 aliphatic heterocycles. The Hall–Kier alpha value is -3.11.